The molecule has 1 atom stereocenters. The Morgan fingerprint density at radius 3 is 2.93 bits per heavy atom. The topological polar surface area (TPSA) is 12.0 Å². The molecule has 1 N–H and O–H groups in total. The van der Waals surface area contributed by atoms with Gasteiger partial charge in [0, 0.05) is 17.4 Å². The number of nitrogens with one attached hydrogen (secondary N) is 1. The summed E-state index contributed by atoms with van der Waals surface area (Å²) in [5.41, 5.74) is 1.43. The van der Waals surface area contributed by atoms with Gasteiger partial charge in [-0.2, -0.15) is 11.8 Å². The average Bonchev–Trinajstić information content (AvgIpc) is 2.45. The van der Waals surface area contributed by atoms with E-state index in [-0.39, 0.29) is 6.04 Å². The van der Waals surface area contributed by atoms with Gasteiger partial charge in [0.05, 0.1) is 0 Å². The lowest BCUT2D eigenvalue weighted by Crippen LogP contribution is -2.18. The molecule has 0 amide bonds. The van der Waals surface area contributed by atoms with Crippen molar-refractivity contribution in [3.8, 4) is 0 Å². The zero-order valence-electron chi connectivity index (χ0n) is 8.52. The molecule has 1 aromatic rings. The molecule has 0 fully saturated rings. The van der Waals surface area contributed by atoms with Gasteiger partial charge in [-0.15, -0.1) is 0 Å². The molecule has 0 radical (unpaired) electrons. The molecule has 2 rings (SSSR count). The molecule has 1 aliphatic heterocycles. The molecule has 0 spiro atoms. The predicted molar refractivity (Wildman–Crippen MR) is 58.9 cm³/mol. The van der Waals surface area contributed by atoms with Gasteiger partial charge >= 0.3 is 0 Å². The van der Waals surface area contributed by atoms with Crippen molar-refractivity contribution >= 4 is 11.8 Å². The normalized spacial score (nSPS) is 20.9. The molecule has 82 valence electrons. The van der Waals surface area contributed by atoms with E-state index in [2.05, 4.69) is 5.32 Å². The SMILES string of the molecule is CNC1CCSCc2c1ccc(F)c2F. The Labute approximate surface area is 92.3 Å². The summed E-state index contributed by atoms with van der Waals surface area (Å²) in [6.45, 7) is 0. The van der Waals surface area contributed by atoms with Crippen molar-refractivity contribution in [3.63, 3.8) is 0 Å². The van der Waals surface area contributed by atoms with Crippen LogP contribution in [0.2, 0.25) is 0 Å². The van der Waals surface area contributed by atoms with Gasteiger partial charge in [-0.1, -0.05) is 6.07 Å². The molecule has 1 nitrogen and oxygen atoms in total. The molecule has 4 heteroatoms. The minimum absolute atomic E-state index is 0.144. The van der Waals surface area contributed by atoms with E-state index in [4.69, 9.17) is 0 Å². The van der Waals surface area contributed by atoms with Crippen molar-refractivity contribution in [1.29, 1.82) is 0 Å². The second-order valence-corrected chi connectivity index (χ2v) is 4.72. The first-order valence-corrected chi connectivity index (χ1v) is 6.11. The quantitative estimate of drug-likeness (QED) is 0.794. The van der Waals surface area contributed by atoms with Crippen molar-refractivity contribution in [2.45, 2.75) is 18.2 Å². The van der Waals surface area contributed by atoms with Crippen LogP contribution in [0.4, 0.5) is 8.78 Å². The summed E-state index contributed by atoms with van der Waals surface area (Å²) in [7, 11) is 1.85. The fourth-order valence-corrected chi connectivity index (χ4v) is 2.96. The lowest BCUT2D eigenvalue weighted by molar-refractivity contribution is 0.493. The molecule has 0 saturated heterocycles. The number of benzene rings is 1. The first kappa shape index (κ1) is 10.9. The summed E-state index contributed by atoms with van der Waals surface area (Å²) in [6.07, 6.45) is 0.958. The third kappa shape index (κ3) is 2.01. The molecule has 0 aliphatic carbocycles. The van der Waals surface area contributed by atoms with Crippen LogP contribution in [0.15, 0.2) is 12.1 Å². The van der Waals surface area contributed by atoms with Crippen LogP contribution >= 0.6 is 11.8 Å². The Balaban J connectivity index is 2.49. The van der Waals surface area contributed by atoms with Crippen molar-refractivity contribution < 1.29 is 8.78 Å². The van der Waals surface area contributed by atoms with E-state index in [0.717, 1.165) is 17.7 Å². The Morgan fingerprint density at radius 1 is 1.40 bits per heavy atom. The van der Waals surface area contributed by atoms with E-state index in [1.807, 2.05) is 7.05 Å². The van der Waals surface area contributed by atoms with E-state index in [1.165, 1.54) is 6.07 Å². The van der Waals surface area contributed by atoms with Crippen LogP contribution in [-0.2, 0) is 5.75 Å². The minimum atomic E-state index is -0.744. The van der Waals surface area contributed by atoms with Crippen LogP contribution in [0, 0.1) is 11.6 Å². The Kier molecular flexibility index (Phi) is 3.26. The molecule has 1 heterocycles. The summed E-state index contributed by atoms with van der Waals surface area (Å²) < 4.78 is 26.6. The number of hydrogen-bond donors (Lipinski definition) is 1. The summed E-state index contributed by atoms with van der Waals surface area (Å²) in [5.74, 6) is 0.117. The largest absolute Gasteiger partial charge is 0.313 e. The van der Waals surface area contributed by atoms with Gasteiger partial charge in [-0.3, -0.25) is 0 Å². The highest BCUT2D eigenvalue weighted by Crippen LogP contribution is 2.32. The third-order valence-corrected chi connectivity index (χ3v) is 3.77. The maximum atomic E-state index is 13.6. The van der Waals surface area contributed by atoms with Gasteiger partial charge in [0.1, 0.15) is 0 Å². The van der Waals surface area contributed by atoms with E-state index in [0.29, 0.717) is 11.3 Å². The molecular formula is C11H13F2NS. The van der Waals surface area contributed by atoms with Crippen LogP contribution in [0.1, 0.15) is 23.6 Å². The first-order valence-electron chi connectivity index (χ1n) is 4.96. The summed E-state index contributed by atoms with van der Waals surface area (Å²) in [5, 5.41) is 3.14. The van der Waals surface area contributed by atoms with Gasteiger partial charge in [-0.25, -0.2) is 8.78 Å². The summed E-state index contributed by atoms with van der Waals surface area (Å²) in [4.78, 5) is 0. The van der Waals surface area contributed by atoms with Gasteiger partial charge < -0.3 is 5.32 Å². The molecular weight excluding hydrogens is 216 g/mol. The summed E-state index contributed by atoms with van der Waals surface area (Å²) >= 11 is 1.65. The standard InChI is InChI=1S/C11H13F2NS/c1-14-10-4-5-15-6-8-7(10)2-3-9(12)11(8)13/h2-3,10,14H,4-6H2,1H3. The molecule has 1 aromatic carbocycles. The lowest BCUT2D eigenvalue weighted by atomic mass is 9.99. The summed E-state index contributed by atoms with van der Waals surface area (Å²) in [6, 6.07) is 3.06. The monoisotopic (exact) mass is 229 g/mol. The molecule has 15 heavy (non-hydrogen) atoms. The van der Waals surface area contributed by atoms with Gasteiger partial charge in [0.2, 0.25) is 0 Å². The average molecular weight is 229 g/mol. The zero-order valence-corrected chi connectivity index (χ0v) is 9.33. The fraction of sp³-hybridized carbons (Fsp3) is 0.455. The Morgan fingerprint density at radius 2 is 2.20 bits per heavy atom. The Bertz CT molecular complexity index is 368. The van der Waals surface area contributed by atoms with E-state index >= 15 is 0 Å². The van der Waals surface area contributed by atoms with Gasteiger partial charge in [0.15, 0.2) is 11.6 Å². The lowest BCUT2D eigenvalue weighted by Gasteiger charge is -2.16. The van der Waals surface area contributed by atoms with Crippen LogP contribution in [-0.4, -0.2) is 12.8 Å². The van der Waals surface area contributed by atoms with Crippen LogP contribution < -0.4 is 5.32 Å². The predicted octanol–water partition coefficient (Wildman–Crippen LogP) is 2.86. The van der Waals surface area contributed by atoms with Crippen LogP contribution in [0.5, 0.6) is 0 Å². The highest BCUT2D eigenvalue weighted by Gasteiger charge is 2.21. The fourth-order valence-electron chi connectivity index (χ4n) is 1.91. The van der Waals surface area contributed by atoms with Crippen LogP contribution in [0.3, 0.4) is 0 Å². The third-order valence-electron chi connectivity index (χ3n) is 2.75. The van der Waals surface area contributed by atoms with Crippen LogP contribution in [0.25, 0.3) is 0 Å². The maximum absolute atomic E-state index is 13.6. The molecule has 1 unspecified atom stereocenters. The van der Waals surface area contributed by atoms with Crippen molar-refractivity contribution in [2.24, 2.45) is 0 Å². The smallest absolute Gasteiger partial charge is 0.163 e. The molecule has 1 aliphatic rings. The highest BCUT2D eigenvalue weighted by atomic mass is 32.2. The first-order chi connectivity index (χ1) is 7.24. The molecule has 0 bridgehead atoms. The van der Waals surface area contributed by atoms with E-state index < -0.39 is 11.6 Å². The van der Waals surface area contributed by atoms with E-state index in [1.54, 1.807) is 17.8 Å². The van der Waals surface area contributed by atoms with Gasteiger partial charge in [0.25, 0.3) is 0 Å². The number of thioether (sulfide) groups is 1. The molecule has 0 aromatic heterocycles. The number of halogens is 2. The maximum Gasteiger partial charge on any atom is 0.163 e. The van der Waals surface area contributed by atoms with Crippen molar-refractivity contribution in [2.75, 3.05) is 12.8 Å². The molecule has 0 saturated carbocycles. The zero-order chi connectivity index (χ0) is 10.8. The van der Waals surface area contributed by atoms with Crippen molar-refractivity contribution in [3.05, 3.63) is 34.9 Å². The minimum Gasteiger partial charge on any atom is -0.313 e. The van der Waals surface area contributed by atoms with Gasteiger partial charge in [-0.05, 0) is 30.9 Å². The number of hydrogen-bond acceptors (Lipinski definition) is 2. The number of fused-ring (bicyclic) bond motifs is 1. The Hall–Kier alpha value is -0.610. The highest BCUT2D eigenvalue weighted by molar-refractivity contribution is 7.98. The second-order valence-electron chi connectivity index (χ2n) is 3.61. The number of rotatable bonds is 1. The van der Waals surface area contributed by atoms with Crippen molar-refractivity contribution in [1.82, 2.24) is 5.32 Å². The second kappa shape index (κ2) is 4.49. The van der Waals surface area contributed by atoms with E-state index in [9.17, 15) is 8.78 Å².